The van der Waals surface area contributed by atoms with Crippen molar-refractivity contribution in [3.05, 3.63) is 64.1 Å². The molecular formula is C18H14ClNO4S. The Labute approximate surface area is 153 Å². The molecule has 0 fully saturated rings. The summed E-state index contributed by atoms with van der Waals surface area (Å²) in [6, 6.07) is 12.8. The van der Waals surface area contributed by atoms with Crippen molar-refractivity contribution in [2.75, 3.05) is 7.11 Å². The molecule has 0 amide bonds. The molecule has 3 aromatic rings. The molecule has 7 heteroatoms. The number of carboxylic acid groups (broad SMARTS) is 1. The normalized spacial score (nSPS) is 10.5. The molecule has 0 atom stereocenters. The Hall–Kier alpha value is -2.57. The molecule has 1 heterocycles. The van der Waals surface area contributed by atoms with Gasteiger partial charge in [0.15, 0.2) is 17.2 Å². The number of aromatic nitrogens is 1. The van der Waals surface area contributed by atoms with Crippen molar-refractivity contribution in [1.29, 1.82) is 0 Å². The molecule has 0 spiro atoms. The number of hydrogen-bond acceptors (Lipinski definition) is 5. The summed E-state index contributed by atoms with van der Waals surface area (Å²) in [5, 5.41) is 11.7. The summed E-state index contributed by atoms with van der Waals surface area (Å²) in [7, 11) is 1.55. The van der Waals surface area contributed by atoms with E-state index < -0.39 is 5.97 Å². The number of carbonyl (C=O) groups is 1. The van der Waals surface area contributed by atoms with Gasteiger partial charge in [0.25, 0.3) is 0 Å². The number of ether oxygens (including phenoxy) is 2. The largest absolute Gasteiger partial charge is 0.493 e. The molecule has 0 unspecified atom stereocenters. The number of thiazole rings is 1. The molecule has 0 aliphatic heterocycles. The van der Waals surface area contributed by atoms with Crippen LogP contribution in [0.3, 0.4) is 0 Å². The summed E-state index contributed by atoms with van der Waals surface area (Å²) in [5.41, 5.74) is 1.51. The van der Waals surface area contributed by atoms with Gasteiger partial charge in [0, 0.05) is 16.0 Å². The first kappa shape index (κ1) is 17.3. The molecule has 1 N–H and O–H groups in total. The van der Waals surface area contributed by atoms with Gasteiger partial charge >= 0.3 is 5.97 Å². The zero-order valence-electron chi connectivity index (χ0n) is 13.2. The SMILES string of the molecule is COc1cccc(-c2nc(C(=O)O)cs2)c1OCc1ccccc1Cl. The molecule has 2 aromatic carbocycles. The van der Waals surface area contributed by atoms with Crippen LogP contribution in [0.25, 0.3) is 10.6 Å². The maximum Gasteiger partial charge on any atom is 0.355 e. The fourth-order valence-corrected chi connectivity index (χ4v) is 3.26. The van der Waals surface area contributed by atoms with Gasteiger partial charge in [-0.25, -0.2) is 9.78 Å². The third kappa shape index (κ3) is 3.75. The second-order valence-corrected chi connectivity index (χ2v) is 6.33. The number of methoxy groups -OCH3 is 1. The predicted octanol–water partition coefficient (Wildman–Crippen LogP) is 4.75. The van der Waals surface area contributed by atoms with Crippen LogP contribution in [0.2, 0.25) is 5.02 Å². The van der Waals surface area contributed by atoms with E-state index in [2.05, 4.69) is 4.98 Å². The predicted molar refractivity (Wildman–Crippen MR) is 96.8 cm³/mol. The van der Waals surface area contributed by atoms with Crippen molar-refractivity contribution in [3.8, 4) is 22.1 Å². The molecule has 5 nitrogen and oxygen atoms in total. The van der Waals surface area contributed by atoms with Gasteiger partial charge in [-0.05, 0) is 18.2 Å². The summed E-state index contributed by atoms with van der Waals surface area (Å²) in [6.07, 6.45) is 0. The lowest BCUT2D eigenvalue weighted by molar-refractivity contribution is 0.0691. The van der Waals surface area contributed by atoms with E-state index in [9.17, 15) is 4.79 Å². The topological polar surface area (TPSA) is 68.7 Å². The molecule has 0 radical (unpaired) electrons. The average molecular weight is 376 g/mol. The van der Waals surface area contributed by atoms with Gasteiger partial charge in [0.2, 0.25) is 0 Å². The number of nitrogens with zero attached hydrogens (tertiary/aromatic N) is 1. The Morgan fingerprint density at radius 3 is 2.72 bits per heavy atom. The van der Waals surface area contributed by atoms with E-state index in [1.165, 1.54) is 16.7 Å². The van der Waals surface area contributed by atoms with Crippen LogP contribution in [0.15, 0.2) is 47.8 Å². The number of rotatable bonds is 6. The smallest absolute Gasteiger partial charge is 0.355 e. The number of halogens is 1. The fraction of sp³-hybridized carbons (Fsp3) is 0.111. The van der Waals surface area contributed by atoms with Gasteiger partial charge in [-0.2, -0.15) is 0 Å². The average Bonchev–Trinajstić information content (AvgIpc) is 3.11. The van der Waals surface area contributed by atoms with Crippen LogP contribution in [0, 0.1) is 0 Å². The lowest BCUT2D eigenvalue weighted by Crippen LogP contribution is -2.00. The fourth-order valence-electron chi connectivity index (χ4n) is 2.25. The Balaban J connectivity index is 1.96. The highest BCUT2D eigenvalue weighted by Crippen LogP contribution is 2.40. The quantitative estimate of drug-likeness (QED) is 0.673. The number of benzene rings is 2. The second-order valence-electron chi connectivity index (χ2n) is 5.06. The molecule has 25 heavy (non-hydrogen) atoms. The molecule has 0 bridgehead atoms. The van der Waals surface area contributed by atoms with Crippen LogP contribution in [-0.2, 0) is 6.61 Å². The summed E-state index contributed by atoms with van der Waals surface area (Å²) < 4.78 is 11.3. The Kier molecular flexibility index (Phi) is 5.21. The van der Waals surface area contributed by atoms with E-state index in [0.717, 1.165) is 5.56 Å². The van der Waals surface area contributed by atoms with E-state index in [1.807, 2.05) is 24.3 Å². The van der Waals surface area contributed by atoms with E-state index in [4.69, 9.17) is 26.2 Å². The second kappa shape index (κ2) is 7.55. The third-order valence-corrected chi connectivity index (χ3v) is 4.73. The van der Waals surface area contributed by atoms with Crippen molar-refractivity contribution < 1.29 is 19.4 Å². The number of carboxylic acids is 1. The van der Waals surface area contributed by atoms with Crippen molar-refractivity contribution >= 4 is 28.9 Å². The molecule has 0 saturated carbocycles. The lowest BCUT2D eigenvalue weighted by atomic mass is 10.2. The molecule has 0 aliphatic rings. The van der Waals surface area contributed by atoms with E-state index in [0.29, 0.717) is 27.1 Å². The zero-order valence-corrected chi connectivity index (χ0v) is 14.8. The summed E-state index contributed by atoms with van der Waals surface area (Å²) in [5.74, 6) is -0.0308. The van der Waals surface area contributed by atoms with Crippen LogP contribution < -0.4 is 9.47 Å². The minimum atomic E-state index is -1.07. The highest BCUT2D eigenvalue weighted by atomic mass is 35.5. The number of aromatic carboxylic acids is 1. The van der Waals surface area contributed by atoms with Gasteiger partial charge in [-0.15, -0.1) is 11.3 Å². The highest BCUT2D eigenvalue weighted by Gasteiger charge is 2.17. The van der Waals surface area contributed by atoms with Crippen LogP contribution >= 0.6 is 22.9 Å². The maximum absolute atomic E-state index is 11.1. The maximum atomic E-state index is 11.1. The molecule has 1 aromatic heterocycles. The summed E-state index contributed by atoms with van der Waals surface area (Å²) in [6.45, 7) is 0.254. The van der Waals surface area contributed by atoms with Gasteiger partial charge in [-0.1, -0.05) is 35.9 Å². The molecule has 0 aliphatic carbocycles. The van der Waals surface area contributed by atoms with Crippen LogP contribution in [0.5, 0.6) is 11.5 Å². The highest BCUT2D eigenvalue weighted by molar-refractivity contribution is 7.13. The van der Waals surface area contributed by atoms with E-state index in [-0.39, 0.29) is 12.3 Å². The first-order valence-electron chi connectivity index (χ1n) is 7.32. The van der Waals surface area contributed by atoms with Crippen LogP contribution in [-0.4, -0.2) is 23.2 Å². The van der Waals surface area contributed by atoms with Gasteiger partial charge in [0.1, 0.15) is 11.6 Å². The van der Waals surface area contributed by atoms with E-state index in [1.54, 1.807) is 25.3 Å². The minimum Gasteiger partial charge on any atom is -0.493 e. The Morgan fingerprint density at radius 2 is 2.04 bits per heavy atom. The Bertz CT molecular complexity index is 910. The minimum absolute atomic E-state index is 0.000117. The lowest BCUT2D eigenvalue weighted by Gasteiger charge is -2.14. The molecule has 128 valence electrons. The van der Waals surface area contributed by atoms with Gasteiger partial charge < -0.3 is 14.6 Å². The third-order valence-electron chi connectivity index (χ3n) is 3.48. The standard InChI is InChI=1S/C18H14ClNO4S/c1-23-15-8-4-6-12(17-20-14(10-25-17)18(21)22)16(15)24-9-11-5-2-3-7-13(11)19/h2-8,10H,9H2,1H3,(H,21,22). The monoisotopic (exact) mass is 375 g/mol. The van der Waals surface area contributed by atoms with Crippen molar-refractivity contribution in [3.63, 3.8) is 0 Å². The van der Waals surface area contributed by atoms with Crippen molar-refractivity contribution in [1.82, 2.24) is 4.98 Å². The number of para-hydroxylation sites is 1. The zero-order chi connectivity index (χ0) is 17.8. The van der Waals surface area contributed by atoms with Gasteiger partial charge in [-0.3, -0.25) is 0 Å². The first-order valence-corrected chi connectivity index (χ1v) is 8.58. The summed E-state index contributed by atoms with van der Waals surface area (Å²) >= 11 is 7.41. The first-order chi connectivity index (χ1) is 12.1. The molecule has 0 saturated heterocycles. The molecular weight excluding hydrogens is 362 g/mol. The van der Waals surface area contributed by atoms with Crippen LogP contribution in [0.4, 0.5) is 0 Å². The Morgan fingerprint density at radius 1 is 1.24 bits per heavy atom. The van der Waals surface area contributed by atoms with Crippen molar-refractivity contribution in [2.24, 2.45) is 0 Å². The van der Waals surface area contributed by atoms with Crippen molar-refractivity contribution in [2.45, 2.75) is 6.61 Å². The molecule has 3 rings (SSSR count). The summed E-state index contributed by atoms with van der Waals surface area (Å²) in [4.78, 5) is 15.2. The van der Waals surface area contributed by atoms with Gasteiger partial charge in [0.05, 0.1) is 12.7 Å². The van der Waals surface area contributed by atoms with Crippen LogP contribution in [0.1, 0.15) is 16.1 Å². The van der Waals surface area contributed by atoms with E-state index >= 15 is 0 Å². The number of hydrogen-bond donors (Lipinski definition) is 1.